The lowest BCUT2D eigenvalue weighted by Gasteiger charge is -2.21. The second-order valence-electron chi connectivity index (χ2n) is 5.45. The quantitative estimate of drug-likeness (QED) is 0.676. The van der Waals surface area contributed by atoms with Gasteiger partial charge in [0, 0.05) is 9.75 Å². The molecule has 4 rings (SSSR count). The molecule has 21 heavy (non-hydrogen) atoms. The van der Waals surface area contributed by atoms with Gasteiger partial charge < -0.3 is 9.47 Å². The molecule has 0 amide bonds. The molecular weight excluding hydrogens is 284 g/mol. The molecule has 1 unspecified atom stereocenters. The standard InChI is InChI=1S/C16H18N2O2S/c17-18-16(15-9-10-2-1-3-14(10)21-15)11-4-5-12-13(8-11)20-7-6-19-12/h4-5,8-9,16,18H,1-3,6-7,17H2. The summed E-state index contributed by atoms with van der Waals surface area (Å²) in [4.78, 5) is 2.79. The molecule has 0 saturated carbocycles. The van der Waals surface area contributed by atoms with E-state index >= 15 is 0 Å². The molecular formula is C16H18N2O2S. The lowest BCUT2D eigenvalue weighted by molar-refractivity contribution is 0.171. The van der Waals surface area contributed by atoms with Crippen LogP contribution in [0.1, 0.15) is 33.3 Å². The molecule has 2 heterocycles. The van der Waals surface area contributed by atoms with Crippen LogP contribution in [0, 0.1) is 0 Å². The van der Waals surface area contributed by atoms with Crippen molar-refractivity contribution in [2.24, 2.45) is 5.84 Å². The van der Waals surface area contributed by atoms with Gasteiger partial charge in [0.05, 0.1) is 6.04 Å². The van der Waals surface area contributed by atoms with Crippen molar-refractivity contribution in [1.29, 1.82) is 0 Å². The summed E-state index contributed by atoms with van der Waals surface area (Å²) in [5.74, 6) is 7.44. The molecule has 0 bridgehead atoms. The normalized spacial score (nSPS) is 17.6. The van der Waals surface area contributed by atoms with Crippen LogP contribution in [0.3, 0.4) is 0 Å². The zero-order chi connectivity index (χ0) is 14.2. The number of nitrogens with two attached hydrogens (primary N) is 1. The van der Waals surface area contributed by atoms with E-state index in [1.165, 1.54) is 34.6 Å². The Hall–Kier alpha value is -1.56. The third-order valence-corrected chi connectivity index (χ3v) is 5.42. The van der Waals surface area contributed by atoms with Gasteiger partial charge in [-0.25, -0.2) is 5.43 Å². The van der Waals surface area contributed by atoms with Gasteiger partial charge in [-0.3, -0.25) is 5.84 Å². The molecule has 1 aliphatic heterocycles. The maximum absolute atomic E-state index is 5.82. The first-order chi connectivity index (χ1) is 10.3. The number of hydrazine groups is 1. The van der Waals surface area contributed by atoms with E-state index in [1.807, 2.05) is 23.5 Å². The Labute approximate surface area is 127 Å². The largest absolute Gasteiger partial charge is 0.486 e. The molecule has 0 spiro atoms. The molecule has 5 heteroatoms. The average molecular weight is 302 g/mol. The fourth-order valence-corrected chi connectivity index (χ4v) is 4.42. The summed E-state index contributed by atoms with van der Waals surface area (Å²) in [6.45, 7) is 1.22. The van der Waals surface area contributed by atoms with Crippen LogP contribution in [0.5, 0.6) is 11.5 Å². The third kappa shape index (κ3) is 2.31. The van der Waals surface area contributed by atoms with Gasteiger partial charge in [-0.05, 0) is 48.6 Å². The lowest BCUT2D eigenvalue weighted by atomic mass is 10.0. The van der Waals surface area contributed by atoms with E-state index in [9.17, 15) is 0 Å². The van der Waals surface area contributed by atoms with E-state index in [-0.39, 0.29) is 6.04 Å². The number of ether oxygens (including phenoxy) is 2. The first kappa shape index (κ1) is 13.1. The predicted octanol–water partition coefficient (Wildman–Crippen LogP) is 2.56. The van der Waals surface area contributed by atoms with E-state index in [0.29, 0.717) is 13.2 Å². The second-order valence-corrected chi connectivity index (χ2v) is 6.62. The summed E-state index contributed by atoms with van der Waals surface area (Å²) in [7, 11) is 0. The molecule has 2 aliphatic rings. The predicted molar refractivity (Wildman–Crippen MR) is 82.9 cm³/mol. The van der Waals surface area contributed by atoms with Crippen molar-refractivity contribution < 1.29 is 9.47 Å². The van der Waals surface area contributed by atoms with Gasteiger partial charge in [0.2, 0.25) is 0 Å². The molecule has 0 fully saturated rings. The highest BCUT2D eigenvalue weighted by molar-refractivity contribution is 7.12. The molecule has 1 aromatic carbocycles. The molecule has 1 aliphatic carbocycles. The van der Waals surface area contributed by atoms with E-state index in [2.05, 4.69) is 17.6 Å². The van der Waals surface area contributed by atoms with Gasteiger partial charge in [-0.15, -0.1) is 11.3 Å². The van der Waals surface area contributed by atoms with Crippen LogP contribution >= 0.6 is 11.3 Å². The minimum absolute atomic E-state index is 0.0106. The second kappa shape index (κ2) is 5.33. The number of hydrogen-bond acceptors (Lipinski definition) is 5. The van der Waals surface area contributed by atoms with E-state index < -0.39 is 0 Å². The Morgan fingerprint density at radius 3 is 2.76 bits per heavy atom. The van der Waals surface area contributed by atoms with Crippen LogP contribution in [0.15, 0.2) is 24.3 Å². The molecule has 110 valence electrons. The molecule has 1 atom stereocenters. The first-order valence-electron chi connectivity index (χ1n) is 7.32. The SMILES string of the molecule is NNC(c1ccc2c(c1)OCCO2)c1cc2c(s1)CCC2. The summed E-state index contributed by atoms with van der Waals surface area (Å²) in [6.07, 6.45) is 3.69. The fraction of sp³-hybridized carbons (Fsp3) is 0.375. The van der Waals surface area contributed by atoms with Gasteiger partial charge >= 0.3 is 0 Å². The lowest BCUT2D eigenvalue weighted by Crippen LogP contribution is -2.28. The molecule has 2 aromatic rings. The van der Waals surface area contributed by atoms with Crippen molar-refractivity contribution in [3.8, 4) is 11.5 Å². The summed E-state index contributed by atoms with van der Waals surface area (Å²) in [5.41, 5.74) is 5.55. The van der Waals surface area contributed by atoms with E-state index in [4.69, 9.17) is 15.3 Å². The summed E-state index contributed by atoms with van der Waals surface area (Å²) in [5, 5.41) is 0. The molecule has 1 aromatic heterocycles. The van der Waals surface area contributed by atoms with Crippen LogP contribution in [0.4, 0.5) is 0 Å². The Kier molecular flexibility index (Phi) is 3.33. The monoisotopic (exact) mass is 302 g/mol. The molecule has 4 nitrogen and oxygen atoms in total. The fourth-order valence-electron chi connectivity index (χ4n) is 3.08. The smallest absolute Gasteiger partial charge is 0.161 e. The zero-order valence-electron chi connectivity index (χ0n) is 11.7. The van der Waals surface area contributed by atoms with Crippen molar-refractivity contribution in [3.63, 3.8) is 0 Å². The van der Waals surface area contributed by atoms with Gasteiger partial charge in [0.15, 0.2) is 11.5 Å². The van der Waals surface area contributed by atoms with Crippen LogP contribution < -0.4 is 20.7 Å². The van der Waals surface area contributed by atoms with Gasteiger partial charge in [0.25, 0.3) is 0 Å². The van der Waals surface area contributed by atoms with Gasteiger partial charge in [-0.2, -0.15) is 0 Å². The van der Waals surface area contributed by atoms with Crippen LogP contribution in [-0.4, -0.2) is 13.2 Å². The van der Waals surface area contributed by atoms with Crippen molar-refractivity contribution in [3.05, 3.63) is 45.1 Å². The molecule has 0 saturated heterocycles. The van der Waals surface area contributed by atoms with Gasteiger partial charge in [0.1, 0.15) is 13.2 Å². The van der Waals surface area contributed by atoms with Crippen molar-refractivity contribution in [2.45, 2.75) is 25.3 Å². The van der Waals surface area contributed by atoms with E-state index in [1.54, 1.807) is 0 Å². The highest BCUT2D eigenvalue weighted by Gasteiger charge is 2.22. The van der Waals surface area contributed by atoms with Crippen molar-refractivity contribution >= 4 is 11.3 Å². The highest BCUT2D eigenvalue weighted by Crippen LogP contribution is 2.38. The van der Waals surface area contributed by atoms with Gasteiger partial charge in [-0.1, -0.05) is 6.07 Å². The number of aryl methyl sites for hydroxylation is 2. The summed E-state index contributed by atoms with van der Waals surface area (Å²) < 4.78 is 11.2. The van der Waals surface area contributed by atoms with Crippen molar-refractivity contribution in [2.75, 3.05) is 13.2 Å². The number of thiophene rings is 1. The number of benzene rings is 1. The minimum Gasteiger partial charge on any atom is -0.486 e. The Morgan fingerprint density at radius 2 is 1.95 bits per heavy atom. The van der Waals surface area contributed by atoms with Crippen LogP contribution in [0.25, 0.3) is 0 Å². The summed E-state index contributed by atoms with van der Waals surface area (Å²) in [6, 6.07) is 8.37. The summed E-state index contributed by atoms with van der Waals surface area (Å²) >= 11 is 1.87. The number of fused-ring (bicyclic) bond motifs is 2. The zero-order valence-corrected chi connectivity index (χ0v) is 12.5. The number of hydrogen-bond donors (Lipinski definition) is 2. The molecule has 0 radical (unpaired) electrons. The third-order valence-electron chi connectivity index (χ3n) is 4.12. The minimum atomic E-state index is 0.0106. The highest BCUT2D eigenvalue weighted by atomic mass is 32.1. The van der Waals surface area contributed by atoms with Crippen molar-refractivity contribution in [1.82, 2.24) is 5.43 Å². The topological polar surface area (TPSA) is 56.5 Å². The average Bonchev–Trinajstić information content (AvgIpc) is 3.09. The van der Waals surface area contributed by atoms with Crippen LogP contribution in [0.2, 0.25) is 0 Å². The number of nitrogens with one attached hydrogen (secondary N) is 1. The van der Waals surface area contributed by atoms with E-state index in [0.717, 1.165) is 17.1 Å². The number of rotatable bonds is 3. The van der Waals surface area contributed by atoms with Crippen LogP contribution in [-0.2, 0) is 12.8 Å². The maximum Gasteiger partial charge on any atom is 0.161 e. The Bertz CT molecular complexity index is 647. The Morgan fingerprint density at radius 1 is 1.10 bits per heavy atom. The Balaban J connectivity index is 1.68. The maximum atomic E-state index is 5.82. The molecule has 3 N–H and O–H groups in total. The first-order valence-corrected chi connectivity index (χ1v) is 8.14.